The van der Waals surface area contributed by atoms with Crippen molar-refractivity contribution in [2.75, 3.05) is 5.75 Å². The molecule has 1 fully saturated rings. The highest BCUT2D eigenvalue weighted by molar-refractivity contribution is 8.00. The number of hydrogen-bond donors (Lipinski definition) is 0. The smallest absolute Gasteiger partial charge is 0.303 e. The molecule has 32 heavy (non-hydrogen) atoms. The molecular weight excluding hydrogens is 452 g/mol. The maximum Gasteiger partial charge on any atom is 0.303 e. The average molecular weight is 489 g/mol. The lowest BCUT2D eigenvalue weighted by atomic mass is 9.91. The molecule has 10 heteroatoms. The number of carbonyl (C=O) groups is 1. The molecule has 2 heterocycles. The summed E-state index contributed by atoms with van der Waals surface area (Å²) in [6.07, 6.45) is 1.37. The van der Waals surface area contributed by atoms with E-state index in [-0.39, 0.29) is 32.6 Å². The third-order valence-electron chi connectivity index (χ3n) is 5.28. The lowest BCUT2D eigenvalue weighted by molar-refractivity contribution is -0.531. The van der Waals surface area contributed by atoms with Crippen LogP contribution < -0.4 is 0 Å². The van der Waals surface area contributed by atoms with Crippen LogP contribution >= 0.6 is 23.1 Å². The largest absolute Gasteiger partial charge is 0.454 e. The molecule has 2 rings (SSSR count). The third-order valence-corrected chi connectivity index (χ3v) is 8.06. The van der Waals surface area contributed by atoms with Gasteiger partial charge in [-0.25, -0.2) is 0 Å². The van der Waals surface area contributed by atoms with Crippen molar-refractivity contribution in [3.05, 3.63) is 36.6 Å². The standard InChI is InChI=1S/C12H21NO4S.C10H15NO2S/c1-7(2)5-8(3)12-11(13(15)16)10(6-18-12)17-9(4)14;1-7(2)6-8(3)10-9(11(12)13)4-5-14-10/h7-8,10-12H,5-6H2,1-4H3;4-5,7-8H,6H2,1-3H3. The van der Waals surface area contributed by atoms with E-state index in [0.29, 0.717) is 17.6 Å². The number of thiophene rings is 1. The number of esters is 1. The molecule has 0 aromatic carbocycles. The summed E-state index contributed by atoms with van der Waals surface area (Å²) in [5.74, 6) is 1.72. The monoisotopic (exact) mass is 488 g/mol. The number of nitrogens with zero attached hydrogens (tertiary/aromatic N) is 2. The van der Waals surface area contributed by atoms with Gasteiger partial charge in [-0.2, -0.15) is 0 Å². The quantitative estimate of drug-likeness (QED) is 0.232. The predicted molar refractivity (Wildman–Crippen MR) is 130 cm³/mol. The third kappa shape index (κ3) is 8.69. The summed E-state index contributed by atoms with van der Waals surface area (Å²) < 4.78 is 5.07. The van der Waals surface area contributed by atoms with Crippen LogP contribution in [-0.2, 0) is 9.53 Å². The summed E-state index contributed by atoms with van der Waals surface area (Å²) in [6.45, 7) is 13.9. The van der Waals surface area contributed by atoms with Crippen molar-refractivity contribution in [2.24, 2.45) is 17.8 Å². The topological polar surface area (TPSA) is 113 Å². The number of nitro groups is 2. The molecule has 8 nitrogen and oxygen atoms in total. The van der Waals surface area contributed by atoms with E-state index < -0.39 is 18.1 Å². The van der Waals surface area contributed by atoms with Crippen LogP contribution in [0.4, 0.5) is 5.69 Å². The fourth-order valence-electron chi connectivity index (χ4n) is 4.21. The lowest BCUT2D eigenvalue weighted by Gasteiger charge is -2.23. The zero-order valence-electron chi connectivity index (χ0n) is 20.0. The first-order chi connectivity index (χ1) is 14.8. The van der Waals surface area contributed by atoms with E-state index >= 15 is 0 Å². The van der Waals surface area contributed by atoms with Gasteiger partial charge >= 0.3 is 5.97 Å². The first kappa shape index (κ1) is 28.4. The number of hydrogen-bond acceptors (Lipinski definition) is 8. The van der Waals surface area contributed by atoms with Gasteiger partial charge < -0.3 is 4.74 Å². The van der Waals surface area contributed by atoms with Gasteiger partial charge in [0.15, 0.2) is 6.10 Å². The maximum atomic E-state index is 11.2. The highest BCUT2D eigenvalue weighted by Crippen LogP contribution is 2.38. The van der Waals surface area contributed by atoms with Crippen LogP contribution in [0.1, 0.15) is 72.1 Å². The van der Waals surface area contributed by atoms with Crippen LogP contribution in [0.15, 0.2) is 11.4 Å². The van der Waals surface area contributed by atoms with Crippen LogP contribution in [0, 0.1) is 38.0 Å². The minimum Gasteiger partial charge on any atom is -0.454 e. The molecular formula is C22H36N2O6S2. The molecule has 1 aliphatic rings. The fraction of sp³-hybridized carbons (Fsp3) is 0.773. The van der Waals surface area contributed by atoms with Crippen molar-refractivity contribution in [1.82, 2.24) is 0 Å². The Hall–Kier alpha value is -1.68. The van der Waals surface area contributed by atoms with Gasteiger partial charge in [-0.3, -0.25) is 25.0 Å². The molecule has 0 N–H and O–H groups in total. The van der Waals surface area contributed by atoms with Crippen molar-refractivity contribution in [2.45, 2.75) is 84.6 Å². The van der Waals surface area contributed by atoms with Gasteiger partial charge in [0.05, 0.1) is 15.1 Å². The summed E-state index contributed by atoms with van der Waals surface area (Å²) in [7, 11) is 0. The van der Waals surface area contributed by atoms with Crippen molar-refractivity contribution in [3.8, 4) is 0 Å². The van der Waals surface area contributed by atoms with Gasteiger partial charge in [-0.15, -0.1) is 23.1 Å². The van der Waals surface area contributed by atoms with E-state index in [1.165, 1.54) is 18.3 Å². The van der Waals surface area contributed by atoms with Crippen LogP contribution in [0.5, 0.6) is 0 Å². The minimum absolute atomic E-state index is 0.0632. The van der Waals surface area contributed by atoms with Gasteiger partial charge in [0.25, 0.3) is 11.7 Å². The molecule has 0 amide bonds. The maximum absolute atomic E-state index is 11.2. The van der Waals surface area contributed by atoms with E-state index in [2.05, 4.69) is 34.6 Å². The van der Waals surface area contributed by atoms with Gasteiger partial charge in [0.1, 0.15) is 0 Å². The van der Waals surface area contributed by atoms with Crippen LogP contribution in [0.25, 0.3) is 0 Å². The Balaban J connectivity index is 0.000000330. The van der Waals surface area contributed by atoms with Crippen LogP contribution in [-0.4, -0.2) is 39.0 Å². The minimum atomic E-state index is -0.771. The summed E-state index contributed by atoms with van der Waals surface area (Å²) in [5.41, 5.74) is 0.281. The van der Waals surface area contributed by atoms with E-state index in [4.69, 9.17) is 4.74 Å². The predicted octanol–water partition coefficient (Wildman–Crippen LogP) is 6.17. The molecule has 0 aliphatic carbocycles. The molecule has 0 bridgehead atoms. The van der Waals surface area contributed by atoms with Gasteiger partial charge in [-0.05, 0) is 41.9 Å². The highest BCUT2D eigenvalue weighted by Gasteiger charge is 2.49. The molecule has 0 saturated carbocycles. The second kappa shape index (κ2) is 13.1. The fourth-order valence-corrected chi connectivity index (χ4v) is 6.74. The second-order valence-corrected chi connectivity index (χ2v) is 11.4. The Morgan fingerprint density at radius 2 is 1.72 bits per heavy atom. The lowest BCUT2D eigenvalue weighted by Crippen LogP contribution is -2.42. The van der Waals surface area contributed by atoms with E-state index in [0.717, 1.165) is 17.7 Å². The summed E-state index contributed by atoms with van der Waals surface area (Å²) in [6, 6.07) is 0.823. The molecule has 1 aromatic rings. The highest BCUT2D eigenvalue weighted by atomic mass is 32.2. The summed E-state index contributed by atoms with van der Waals surface area (Å²) >= 11 is 3.05. The second-order valence-electron chi connectivity index (χ2n) is 9.29. The molecule has 182 valence electrons. The van der Waals surface area contributed by atoms with Crippen molar-refractivity contribution < 1.29 is 19.4 Å². The Labute approximate surface area is 198 Å². The Morgan fingerprint density at radius 3 is 2.19 bits per heavy atom. The first-order valence-electron chi connectivity index (χ1n) is 11.0. The molecule has 5 unspecified atom stereocenters. The molecule has 0 radical (unpaired) electrons. The first-order valence-corrected chi connectivity index (χ1v) is 12.9. The average Bonchev–Trinajstić information content (AvgIpc) is 3.27. The van der Waals surface area contributed by atoms with Crippen molar-refractivity contribution in [3.63, 3.8) is 0 Å². The zero-order chi connectivity index (χ0) is 24.6. The Kier molecular flexibility index (Phi) is 11.6. The molecule has 1 saturated heterocycles. The van der Waals surface area contributed by atoms with Gasteiger partial charge in [-0.1, -0.05) is 41.5 Å². The number of ether oxygens (including phenoxy) is 1. The summed E-state index contributed by atoms with van der Waals surface area (Å²) in [5, 5.41) is 23.6. The van der Waals surface area contributed by atoms with E-state index in [1.54, 1.807) is 23.2 Å². The van der Waals surface area contributed by atoms with E-state index in [9.17, 15) is 25.0 Å². The van der Waals surface area contributed by atoms with Crippen molar-refractivity contribution >= 4 is 34.8 Å². The SMILES string of the molecule is CC(=O)OC1CSC(C(C)CC(C)C)C1[N+](=O)[O-].CC(C)CC(C)c1sccc1[N+](=O)[O-]. The number of carbonyl (C=O) groups excluding carboxylic acids is 1. The zero-order valence-corrected chi connectivity index (χ0v) is 21.6. The van der Waals surface area contributed by atoms with Crippen LogP contribution in [0.2, 0.25) is 0 Å². The Morgan fingerprint density at radius 1 is 1.12 bits per heavy atom. The molecule has 5 atom stereocenters. The summed E-state index contributed by atoms with van der Waals surface area (Å²) in [4.78, 5) is 33.2. The number of thioether (sulfide) groups is 1. The molecule has 0 spiro atoms. The van der Waals surface area contributed by atoms with Gasteiger partial charge in [0.2, 0.25) is 0 Å². The van der Waals surface area contributed by atoms with Crippen LogP contribution in [0.3, 0.4) is 0 Å². The van der Waals surface area contributed by atoms with Crippen molar-refractivity contribution in [1.29, 1.82) is 0 Å². The number of rotatable bonds is 9. The van der Waals surface area contributed by atoms with E-state index in [1.807, 2.05) is 6.92 Å². The van der Waals surface area contributed by atoms with Gasteiger partial charge in [0, 0.05) is 23.7 Å². The Bertz CT molecular complexity index is 767. The normalized spacial score (nSPS) is 22.2. The molecule has 1 aromatic heterocycles. The molecule has 1 aliphatic heterocycles.